The molecule has 18 heavy (non-hydrogen) atoms. The lowest BCUT2D eigenvalue weighted by atomic mass is 9.88. The Kier molecular flexibility index (Phi) is 3.43. The molecule has 0 spiro atoms. The molecule has 0 N–H and O–H groups in total. The SMILES string of the molecule is CN1C2CCC1CN(CC1(C=O)CCOC1)CC2. The van der Waals surface area contributed by atoms with Crippen molar-refractivity contribution in [3.63, 3.8) is 0 Å². The molecule has 0 radical (unpaired) electrons. The minimum absolute atomic E-state index is 0.220. The lowest BCUT2D eigenvalue weighted by Gasteiger charge is -2.31. The molecule has 2 bridgehead atoms. The van der Waals surface area contributed by atoms with Crippen molar-refractivity contribution in [2.24, 2.45) is 5.41 Å². The molecule has 3 saturated heterocycles. The Hall–Kier alpha value is -0.450. The summed E-state index contributed by atoms with van der Waals surface area (Å²) in [4.78, 5) is 16.5. The number of fused-ring (bicyclic) bond motifs is 2. The summed E-state index contributed by atoms with van der Waals surface area (Å²) in [7, 11) is 2.26. The van der Waals surface area contributed by atoms with E-state index in [0.29, 0.717) is 12.6 Å². The van der Waals surface area contributed by atoms with E-state index in [-0.39, 0.29) is 5.41 Å². The van der Waals surface area contributed by atoms with E-state index in [0.717, 1.165) is 45.0 Å². The summed E-state index contributed by atoms with van der Waals surface area (Å²) in [5.41, 5.74) is -0.220. The molecule has 4 heteroatoms. The molecule has 3 unspecified atom stereocenters. The van der Waals surface area contributed by atoms with E-state index >= 15 is 0 Å². The Morgan fingerprint density at radius 2 is 2.17 bits per heavy atom. The first kappa shape index (κ1) is 12.6. The van der Waals surface area contributed by atoms with E-state index in [1.165, 1.54) is 19.3 Å². The zero-order valence-corrected chi connectivity index (χ0v) is 11.3. The molecular formula is C14H24N2O2. The van der Waals surface area contributed by atoms with Crippen LogP contribution < -0.4 is 0 Å². The maximum Gasteiger partial charge on any atom is 0.129 e. The Bertz CT molecular complexity index is 315. The molecule has 0 aliphatic carbocycles. The van der Waals surface area contributed by atoms with Gasteiger partial charge in [0.1, 0.15) is 6.29 Å². The van der Waals surface area contributed by atoms with Crippen molar-refractivity contribution in [3.8, 4) is 0 Å². The van der Waals surface area contributed by atoms with Gasteiger partial charge in [-0.25, -0.2) is 0 Å². The average Bonchev–Trinajstić information content (AvgIpc) is 2.90. The summed E-state index contributed by atoms with van der Waals surface area (Å²) in [5, 5.41) is 0. The second-order valence-electron chi connectivity index (χ2n) is 6.36. The van der Waals surface area contributed by atoms with Gasteiger partial charge in [0.2, 0.25) is 0 Å². The van der Waals surface area contributed by atoms with E-state index in [2.05, 4.69) is 16.8 Å². The van der Waals surface area contributed by atoms with Crippen molar-refractivity contribution in [2.75, 3.05) is 39.9 Å². The van der Waals surface area contributed by atoms with Gasteiger partial charge in [-0.05, 0) is 39.3 Å². The van der Waals surface area contributed by atoms with Crippen LogP contribution in [-0.4, -0.2) is 68.1 Å². The quantitative estimate of drug-likeness (QED) is 0.694. The number of nitrogens with zero attached hydrogens (tertiary/aromatic N) is 2. The molecule has 3 fully saturated rings. The molecule has 102 valence electrons. The predicted octanol–water partition coefficient (Wildman–Crippen LogP) is 0.760. The Morgan fingerprint density at radius 1 is 1.33 bits per heavy atom. The topological polar surface area (TPSA) is 32.8 Å². The van der Waals surface area contributed by atoms with Gasteiger partial charge in [0.15, 0.2) is 0 Å². The minimum Gasteiger partial charge on any atom is -0.380 e. The van der Waals surface area contributed by atoms with Crippen LogP contribution in [-0.2, 0) is 9.53 Å². The fourth-order valence-electron chi connectivity index (χ4n) is 3.85. The van der Waals surface area contributed by atoms with Gasteiger partial charge in [0.05, 0.1) is 12.0 Å². The van der Waals surface area contributed by atoms with Crippen molar-refractivity contribution in [1.82, 2.24) is 9.80 Å². The summed E-state index contributed by atoms with van der Waals surface area (Å²) < 4.78 is 5.44. The van der Waals surface area contributed by atoms with Crippen LogP contribution in [0.4, 0.5) is 0 Å². The lowest BCUT2D eigenvalue weighted by Crippen LogP contribution is -2.43. The summed E-state index contributed by atoms with van der Waals surface area (Å²) in [6.45, 7) is 4.53. The largest absolute Gasteiger partial charge is 0.380 e. The molecule has 0 aromatic heterocycles. The fourth-order valence-corrected chi connectivity index (χ4v) is 3.85. The van der Waals surface area contributed by atoms with E-state index < -0.39 is 0 Å². The number of hydrogen-bond acceptors (Lipinski definition) is 4. The third-order valence-electron chi connectivity index (χ3n) is 5.15. The molecule has 3 rings (SSSR count). The van der Waals surface area contributed by atoms with Crippen molar-refractivity contribution < 1.29 is 9.53 Å². The van der Waals surface area contributed by atoms with Crippen molar-refractivity contribution in [1.29, 1.82) is 0 Å². The van der Waals surface area contributed by atoms with Crippen LogP contribution in [0.5, 0.6) is 0 Å². The summed E-state index contributed by atoms with van der Waals surface area (Å²) in [6, 6.07) is 1.47. The molecule has 3 aliphatic rings. The molecule has 0 saturated carbocycles. The van der Waals surface area contributed by atoms with E-state index in [1.54, 1.807) is 0 Å². The first-order valence-electron chi connectivity index (χ1n) is 7.21. The summed E-state index contributed by atoms with van der Waals surface area (Å²) in [6.07, 6.45) is 5.98. The predicted molar refractivity (Wildman–Crippen MR) is 69.6 cm³/mol. The number of ether oxygens (including phenoxy) is 1. The highest BCUT2D eigenvalue weighted by molar-refractivity contribution is 5.60. The monoisotopic (exact) mass is 252 g/mol. The molecule has 3 aliphatic heterocycles. The zero-order valence-electron chi connectivity index (χ0n) is 11.3. The zero-order chi connectivity index (χ0) is 12.6. The number of hydrogen-bond donors (Lipinski definition) is 0. The molecule has 4 nitrogen and oxygen atoms in total. The van der Waals surface area contributed by atoms with Gasteiger partial charge in [0.25, 0.3) is 0 Å². The van der Waals surface area contributed by atoms with Crippen LogP contribution in [0.3, 0.4) is 0 Å². The molecular weight excluding hydrogens is 228 g/mol. The van der Waals surface area contributed by atoms with Gasteiger partial charge in [-0.2, -0.15) is 0 Å². The minimum atomic E-state index is -0.220. The first-order chi connectivity index (χ1) is 8.72. The highest BCUT2D eigenvalue weighted by atomic mass is 16.5. The maximum absolute atomic E-state index is 11.4. The normalized spacial score (nSPS) is 42.1. The van der Waals surface area contributed by atoms with Gasteiger partial charge in [-0.15, -0.1) is 0 Å². The van der Waals surface area contributed by atoms with Gasteiger partial charge < -0.3 is 14.4 Å². The second-order valence-corrected chi connectivity index (χ2v) is 6.36. The van der Waals surface area contributed by atoms with Crippen LogP contribution in [0, 0.1) is 5.41 Å². The van der Waals surface area contributed by atoms with Crippen molar-refractivity contribution >= 4 is 6.29 Å². The average molecular weight is 252 g/mol. The summed E-state index contributed by atoms with van der Waals surface area (Å²) in [5.74, 6) is 0. The first-order valence-corrected chi connectivity index (χ1v) is 7.21. The van der Waals surface area contributed by atoms with Crippen LogP contribution >= 0.6 is 0 Å². The maximum atomic E-state index is 11.4. The Labute approximate surface area is 109 Å². The molecule has 0 aromatic rings. The van der Waals surface area contributed by atoms with Crippen LogP contribution in [0.15, 0.2) is 0 Å². The van der Waals surface area contributed by atoms with Crippen LogP contribution in [0.25, 0.3) is 0 Å². The molecule has 0 aromatic carbocycles. The fraction of sp³-hybridized carbons (Fsp3) is 0.929. The van der Waals surface area contributed by atoms with E-state index in [4.69, 9.17) is 4.74 Å². The summed E-state index contributed by atoms with van der Waals surface area (Å²) >= 11 is 0. The Morgan fingerprint density at radius 3 is 2.89 bits per heavy atom. The number of carbonyl (C=O) groups excluding carboxylic acids is 1. The number of aldehydes is 1. The lowest BCUT2D eigenvalue weighted by molar-refractivity contribution is -0.117. The third-order valence-corrected chi connectivity index (χ3v) is 5.15. The van der Waals surface area contributed by atoms with Gasteiger partial charge in [-0.3, -0.25) is 4.90 Å². The molecule has 0 amide bonds. The van der Waals surface area contributed by atoms with E-state index in [1.807, 2.05) is 0 Å². The highest BCUT2D eigenvalue weighted by Gasteiger charge is 2.40. The van der Waals surface area contributed by atoms with Crippen LogP contribution in [0.1, 0.15) is 25.7 Å². The van der Waals surface area contributed by atoms with Crippen molar-refractivity contribution in [3.05, 3.63) is 0 Å². The number of rotatable bonds is 3. The van der Waals surface area contributed by atoms with Crippen LogP contribution in [0.2, 0.25) is 0 Å². The smallest absolute Gasteiger partial charge is 0.129 e. The van der Waals surface area contributed by atoms with Crippen molar-refractivity contribution in [2.45, 2.75) is 37.8 Å². The highest BCUT2D eigenvalue weighted by Crippen LogP contribution is 2.32. The van der Waals surface area contributed by atoms with Gasteiger partial charge >= 0.3 is 0 Å². The number of carbonyl (C=O) groups is 1. The standard InChI is InChI=1S/C14H24N2O2/c1-15-12-2-3-13(15)8-16(6-4-12)9-14(10-17)5-7-18-11-14/h10,12-13H,2-9,11H2,1H3. The Balaban J connectivity index is 1.65. The number of likely N-dealkylation sites (N-methyl/N-ethyl adjacent to an activating group) is 1. The van der Waals surface area contributed by atoms with Gasteiger partial charge in [-0.1, -0.05) is 0 Å². The van der Waals surface area contributed by atoms with Gasteiger partial charge in [0, 0.05) is 31.8 Å². The molecule has 3 atom stereocenters. The third kappa shape index (κ3) is 2.22. The second kappa shape index (κ2) is 4.91. The molecule has 3 heterocycles. The van der Waals surface area contributed by atoms with E-state index in [9.17, 15) is 4.79 Å². The number of likely N-dealkylation sites (tertiary alicyclic amines) is 1.